The molecule has 1 aromatic carbocycles. The second-order valence-electron chi connectivity index (χ2n) is 4.85. The zero-order chi connectivity index (χ0) is 14.5. The van der Waals surface area contributed by atoms with Crippen LogP contribution in [0.15, 0.2) is 36.7 Å². The third-order valence-corrected chi connectivity index (χ3v) is 3.52. The minimum Gasteiger partial charge on any atom is -0.496 e. The van der Waals surface area contributed by atoms with E-state index in [1.807, 2.05) is 16.9 Å². The molecule has 1 aromatic heterocycles. The maximum Gasteiger partial charge on any atom is 0.123 e. The van der Waals surface area contributed by atoms with Gasteiger partial charge >= 0.3 is 0 Å². The number of nitrogens with one attached hydrogen (secondary N) is 1. The van der Waals surface area contributed by atoms with Crippen molar-refractivity contribution in [3.05, 3.63) is 48.0 Å². The topological polar surface area (TPSA) is 39.1 Å². The van der Waals surface area contributed by atoms with Crippen LogP contribution >= 0.6 is 0 Å². The molecule has 1 heterocycles. The van der Waals surface area contributed by atoms with Crippen LogP contribution in [-0.4, -0.2) is 22.9 Å². The summed E-state index contributed by atoms with van der Waals surface area (Å²) in [5.41, 5.74) is 0.812. The van der Waals surface area contributed by atoms with Gasteiger partial charge in [-0.15, -0.1) is 0 Å². The summed E-state index contributed by atoms with van der Waals surface area (Å²) >= 11 is 0. The van der Waals surface area contributed by atoms with Gasteiger partial charge in [-0.1, -0.05) is 0 Å². The molecule has 0 unspecified atom stereocenters. The maximum absolute atomic E-state index is 13.3. The van der Waals surface area contributed by atoms with Crippen LogP contribution in [0.2, 0.25) is 0 Å². The first-order valence-electron chi connectivity index (χ1n) is 6.66. The van der Waals surface area contributed by atoms with Gasteiger partial charge in [-0.25, -0.2) is 4.39 Å². The first-order chi connectivity index (χ1) is 9.61. The number of ether oxygens (including phenoxy) is 1. The van der Waals surface area contributed by atoms with Crippen molar-refractivity contribution in [1.29, 1.82) is 0 Å². The lowest BCUT2D eigenvalue weighted by atomic mass is 10.1. The van der Waals surface area contributed by atoms with E-state index in [0.29, 0.717) is 12.3 Å². The third-order valence-electron chi connectivity index (χ3n) is 3.52. The number of nitrogens with zero attached hydrogens (tertiary/aromatic N) is 2. The van der Waals surface area contributed by atoms with E-state index in [1.54, 1.807) is 19.4 Å². The van der Waals surface area contributed by atoms with Gasteiger partial charge in [-0.2, -0.15) is 5.10 Å². The van der Waals surface area contributed by atoms with Gasteiger partial charge in [0.25, 0.3) is 0 Å². The number of hydrogen-bond acceptors (Lipinski definition) is 3. The molecule has 0 aliphatic carbocycles. The molecule has 20 heavy (non-hydrogen) atoms. The summed E-state index contributed by atoms with van der Waals surface area (Å²) in [4.78, 5) is 0. The van der Waals surface area contributed by atoms with E-state index in [2.05, 4.69) is 24.3 Å². The monoisotopic (exact) mass is 277 g/mol. The van der Waals surface area contributed by atoms with Crippen LogP contribution in [0.25, 0.3) is 0 Å². The molecule has 0 bridgehead atoms. The van der Waals surface area contributed by atoms with E-state index < -0.39 is 0 Å². The van der Waals surface area contributed by atoms with Gasteiger partial charge in [-0.05, 0) is 38.1 Å². The molecule has 5 heteroatoms. The Morgan fingerprint density at radius 3 is 2.85 bits per heavy atom. The molecular weight excluding hydrogens is 257 g/mol. The smallest absolute Gasteiger partial charge is 0.123 e. The first-order valence-corrected chi connectivity index (χ1v) is 6.66. The van der Waals surface area contributed by atoms with E-state index in [9.17, 15) is 4.39 Å². The molecule has 0 radical (unpaired) electrons. The summed E-state index contributed by atoms with van der Waals surface area (Å²) < 4.78 is 20.4. The predicted octanol–water partition coefficient (Wildman–Crippen LogP) is 2.77. The minimum absolute atomic E-state index is 0.197. The highest BCUT2D eigenvalue weighted by Gasteiger charge is 2.14. The van der Waals surface area contributed by atoms with E-state index >= 15 is 0 Å². The fourth-order valence-corrected chi connectivity index (χ4v) is 2.08. The van der Waals surface area contributed by atoms with Gasteiger partial charge in [0, 0.05) is 30.5 Å². The Kier molecular flexibility index (Phi) is 4.74. The number of hydrogen-bond donors (Lipinski definition) is 1. The molecule has 2 aromatic rings. The first kappa shape index (κ1) is 14.5. The Hall–Kier alpha value is -1.88. The van der Waals surface area contributed by atoms with Gasteiger partial charge in [0.05, 0.1) is 13.2 Å². The lowest BCUT2D eigenvalue weighted by Crippen LogP contribution is -2.33. The molecule has 0 aliphatic rings. The highest BCUT2D eigenvalue weighted by atomic mass is 19.1. The Balaban J connectivity index is 1.99. The summed E-state index contributed by atoms with van der Waals surface area (Å²) in [6, 6.07) is 6.86. The highest BCUT2D eigenvalue weighted by Crippen LogP contribution is 2.20. The average Bonchev–Trinajstić information content (AvgIpc) is 2.98. The molecule has 0 spiro atoms. The molecule has 4 nitrogen and oxygen atoms in total. The van der Waals surface area contributed by atoms with Gasteiger partial charge in [0.2, 0.25) is 0 Å². The molecule has 108 valence electrons. The number of halogens is 1. The van der Waals surface area contributed by atoms with E-state index in [1.165, 1.54) is 12.1 Å². The largest absolute Gasteiger partial charge is 0.496 e. The summed E-state index contributed by atoms with van der Waals surface area (Å²) in [5, 5.41) is 7.61. The van der Waals surface area contributed by atoms with Crippen LogP contribution in [0.3, 0.4) is 0 Å². The second-order valence-corrected chi connectivity index (χ2v) is 4.85. The zero-order valence-corrected chi connectivity index (χ0v) is 12.0. The lowest BCUT2D eigenvalue weighted by molar-refractivity contribution is 0.359. The molecule has 0 amide bonds. The van der Waals surface area contributed by atoms with Crippen molar-refractivity contribution >= 4 is 0 Å². The molecule has 0 aliphatic heterocycles. The maximum atomic E-state index is 13.3. The Morgan fingerprint density at radius 1 is 1.40 bits per heavy atom. The molecule has 0 saturated carbocycles. The van der Waals surface area contributed by atoms with Crippen LogP contribution in [0.5, 0.6) is 5.75 Å². The second kappa shape index (κ2) is 6.52. The zero-order valence-electron chi connectivity index (χ0n) is 12.0. The van der Waals surface area contributed by atoms with Crippen molar-refractivity contribution in [1.82, 2.24) is 15.1 Å². The Bertz CT molecular complexity index is 542. The van der Waals surface area contributed by atoms with E-state index in [-0.39, 0.29) is 17.9 Å². The number of benzene rings is 1. The number of methoxy groups -OCH3 is 1. The summed E-state index contributed by atoms with van der Waals surface area (Å²) in [7, 11) is 1.59. The molecule has 2 rings (SSSR count). The van der Waals surface area contributed by atoms with Crippen molar-refractivity contribution in [2.24, 2.45) is 0 Å². The molecular formula is C15H20FN3O. The van der Waals surface area contributed by atoms with Crippen molar-refractivity contribution in [2.45, 2.75) is 32.5 Å². The Labute approximate surface area is 118 Å². The molecule has 0 fully saturated rings. The summed E-state index contributed by atoms with van der Waals surface area (Å²) in [6.07, 6.45) is 3.70. The normalized spacial score (nSPS) is 14.0. The number of rotatable bonds is 6. The van der Waals surface area contributed by atoms with Crippen molar-refractivity contribution in [3.63, 3.8) is 0 Å². The van der Waals surface area contributed by atoms with Crippen LogP contribution in [0, 0.1) is 5.82 Å². The predicted molar refractivity (Wildman–Crippen MR) is 76.2 cm³/mol. The van der Waals surface area contributed by atoms with E-state index in [0.717, 1.165) is 5.56 Å². The van der Waals surface area contributed by atoms with Crippen molar-refractivity contribution in [3.8, 4) is 5.75 Å². The van der Waals surface area contributed by atoms with Crippen LogP contribution < -0.4 is 10.1 Å². The third kappa shape index (κ3) is 3.36. The fourth-order valence-electron chi connectivity index (χ4n) is 2.08. The van der Waals surface area contributed by atoms with Crippen LogP contribution in [-0.2, 0) is 6.54 Å². The highest BCUT2D eigenvalue weighted by molar-refractivity contribution is 5.33. The minimum atomic E-state index is -0.254. The lowest BCUT2D eigenvalue weighted by Gasteiger charge is -2.22. The molecule has 1 N–H and O–H groups in total. The number of aromatic nitrogens is 2. The van der Waals surface area contributed by atoms with Crippen LogP contribution in [0.1, 0.15) is 25.5 Å². The fraction of sp³-hybridized carbons (Fsp3) is 0.400. The summed E-state index contributed by atoms with van der Waals surface area (Å²) in [6.45, 7) is 4.72. The van der Waals surface area contributed by atoms with Crippen molar-refractivity contribution in [2.75, 3.05) is 7.11 Å². The quantitative estimate of drug-likeness (QED) is 0.882. The average molecular weight is 277 g/mol. The van der Waals surface area contributed by atoms with Crippen molar-refractivity contribution < 1.29 is 9.13 Å². The van der Waals surface area contributed by atoms with Crippen LogP contribution in [0.4, 0.5) is 4.39 Å². The van der Waals surface area contributed by atoms with E-state index in [4.69, 9.17) is 4.74 Å². The Morgan fingerprint density at radius 2 is 2.20 bits per heavy atom. The van der Waals surface area contributed by atoms with Gasteiger partial charge in [0.1, 0.15) is 11.6 Å². The molecule has 0 saturated heterocycles. The SMILES string of the molecule is COc1ccc(F)cc1CN[C@@H](C)[C@H](C)n1cccn1. The van der Waals surface area contributed by atoms with Gasteiger partial charge < -0.3 is 10.1 Å². The molecule has 2 atom stereocenters. The standard InChI is InChI=1S/C15H20FN3O/c1-11(12(2)19-8-4-7-18-19)17-10-13-9-14(16)5-6-15(13)20-3/h4-9,11-12,17H,10H2,1-3H3/t11-,12-/m0/s1. The van der Waals surface area contributed by atoms with Gasteiger partial charge in [0.15, 0.2) is 0 Å². The van der Waals surface area contributed by atoms with Gasteiger partial charge in [-0.3, -0.25) is 4.68 Å². The summed E-state index contributed by atoms with van der Waals surface area (Å²) in [5.74, 6) is 0.438.